The molecule has 2 aromatic carbocycles. The molecule has 130 valence electrons. The summed E-state index contributed by atoms with van der Waals surface area (Å²) >= 11 is 0. The molecule has 5 heteroatoms. The summed E-state index contributed by atoms with van der Waals surface area (Å²) in [6, 6.07) is 15.2. The fourth-order valence-electron chi connectivity index (χ4n) is 2.91. The lowest BCUT2D eigenvalue weighted by Crippen LogP contribution is -2.39. The highest BCUT2D eigenvalue weighted by Crippen LogP contribution is 2.22. The highest BCUT2D eigenvalue weighted by molar-refractivity contribution is 5.96. The number of carbonyl (C=O) groups is 2. The van der Waals surface area contributed by atoms with Gasteiger partial charge in [0.05, 0.1) is 6.04 Å². The third-order valence-corrected chi connectivity index (χ3v) is 4.29. The number of nitrogens with one attached hydrogen (secondary N) is 1. The molecular formula is C20H22N2O3. The molecule has 0 aromatic heterocycles. The molecule has 1 N–H and O–H groups in total. The first kappa shape index (κ1) is 17.0. The van der Waals surface area contributed by atoms with Gasteiger partial charge in [-0.05, 0) is 37.6 Å². The Labute approximate surface area is 147 Å². The van der Waals surface area contributed by atoms with Gasteiger partial charge in [-0.2, -0.15) is 0 Å². The second-order valence-corrected chi connectivity index (χ2v) is 6.36. The van der Waals surface area contributed by atoms with E-state index in [1.54, 1.807) is 4.90 Å². The molecule has 0 aliphatic carbocycles. The van der Waals surface area contributed by atoms with Crippen molar-refractivity contribution in [3.05, 3.63) is 59.7 Å². The van der Waals surface area contributed by atoms with Gasteiger partial charge in [-0.1, -0.05) is 35.9 Å². The molecule has 1 fully saturated rings. The van der Waals surface area contributed by atoms with Crippen LogP contribution >= 0.6 is 0 Å². The van der Waals surface area contributed by atoms with E-state index in [1.165, 1.54) is 0 Å². The van der Waals surface area contributed by atoms with E-state index in [4.69, 9.17) is 4.74 Å². The van der Waals surface area contributed by atoms with Crippen LogP contribution in [0, 0.1) is 13.8 Å². The molecule has 1 aliphatic heterocycles. The van der Waals surface area contributed by atoms with Crippen LogP contribution in [0.25, 0.3) is 0 Å². The molecule has 0 bridgehead atoms. The van der Waals surface area contributed by atoms with Gasteiger partial charge in [0.2, 0.25) is 5.91 Å². The smallest absolute Gasteiger partial charge is 0.258 e. The van der Waals surface area contributed by atoms with E-state index in [2.05, 4.69) is 5.32 Å². The Balaban J connectivity index is 1.53. The van der Waals surface area contributed by atoms with E-state index < -0.39 is 0 Å². The Morgan fingerprint density at radius 2 is 1.88 bits per heavy atom. The zero-order chi connectivity index (χ0) is 17.8. The van der Waals surface area contributed by atoms with E-state index in [0.29, 0.717) is 18.7 Å². The zero-order valence-corrected chi connectivity index (χ0v) is 14.5. The second-order valence-electron chi connectivity index (χ2n) is 6.36. The van der Waals surface area contributed by atoms with Crippen molar-refractivity contribution in [3.8, 4) is 5.75 Å². The quantitative estimate of drug-likeness (QED) is 0.912. The van der Waals surface area contributed by atoms with E-state index in [1.807, 2.05) is 62.4 Å². The molecule has 1 saturated heterocycles. The number of carbonyl (C=O) groups excluding carboxylic acids is 2. The normalized spacial score (nSPS) is 16.8. The fraction of sp³-hybridized carbons (Fsp3) is 0.300. The molecule has 3 rings (SSSR count). The summed E-state index contributed by atoms with van der Waals surface area (Å²) in [6.07, 6.45) is 0.310. The fourth-order valence-corrected chi connectivity index (χ4v) is 2.91. The maximum Gasteiger partial charge on any atom is 0.258 e. The van der Waals surface area contributed by atoms with Crippen LogP contribution in [0.3, 0.4) is 0 Å². The van der Waals surface area contributed by atoms with Crippen molar-refractivity contribution in [3.63, 3.8) is 0 Å². The summed E-state index contributed by atoms with van der Waals surface area (Å²) < 4.78 is 5.55. The molecule has 2 amide bonds. The lowest BCUT2D eigenvalue weighted by atomic mass is 10.2. The van der Waals surface area contributed by atoms with Gasteiger partial charge in [0.1, 0.15) is 5.75 Å². The lowest BCUT2D eigenvalue weighted by Gasteiger charge is -2.17. The van der Waals surface area contributed by atoms with Gasteiger partial charge in [-0.15, -0.1) is 0 Å². The number of rotatable bonds is 5. The minimum atomic E-state index is -0.216. The number of amides is 2. The molecule has 5 nitrogen and oxygen atoms in total. The van der Waals surface area contributed by atoms with E-state index in [0.717, 1.165) is 16.8 Å². The van der Waals surface area contributed by atoms with Gasteiger partial charge in [-0.3, -0.25) is 9.59 Å². The first-order valence-electron chi connectivity index (χ1n) is 8.38. The van der Waals surface area contributed by atoms with E-state index in [-0.39, 0.29) is 24.5 Å². The minimum Gasteiger partial charge on any atom is -0.484 e. The van der Waals surface area contributed by atoms with Crippen LogP contribution in [-0.4, -0.2) is 31.0 Å². The van der Waals surface area contributed by atoms with E-state index >= 15 is 0 Å². The summed E-state index contributed by atoms with van der Waals surface area (Å²) in [4.78, 5) is 26.0. The number of benzene rings is 2. The SMILES string of the molecule is Cc1ccc(N2C[C@H](NC(=O)COc3ccccc3C)CC2=O)cc1. The summed E-state index contributed by atoms with van der Waals surface area (Å²) in [6.45, 7) is 4.37. The minimum absolute atomic E-state index is 0.0222. The second kappa shape index (κ2) is 7.38. The summed E-state index contributed by atoms with van der Waals surface area (Å²) in [5.74, 6) is 0.502. The highest BCUT2D eigenvalue weighted by atomic mass is 16.5. The summed E-state index contributed by atoms with van der Waals surface area (Å²) in [5.41, 5.74) is 2.99. The maximum atomic E-state index is 12.2. The molecule has 0 radical (unpaired) electrons. The average Bonchev–Trinajstić information content (AvgIpc) is 2.95. The lowest BCUT2D eigenvalue weighted by molar-refractivity contribution is -0.123. The van der Waals surface area contributed by atoms with Crippen molar-refractivity contribution in [2.24, 2.45) is 0 Å². The first-order chi connectivity index (χ1) is 12.0. The monoisotopic (exact) mass is 338 g/mol. The number of nitrogens with zero attached hydrogens (tertiary/aromatic N) is 1. The summed E-state index contributed by atoms with van der Waals surface area (Å²) in [7, 11) is 0. The van der Waals surface area contributed by atoms with Crippen LogP contribution in [0.1, 0.15) is 17.5 Å². The van der Waals surface area contributed by atoms with Gasteiger partial charge in [-0.25, -0.2) is 0 Å². The molecule has 1 atom stereocenters. The van der Waals surface area contributed by atoms with Crippen molar-refractivity contribution < 1.29 is 14.3 Å². The number of para-hydroxylation sites is 1. The molecule has 1 heterocycles. The predicted molar refractivity (Wildman–Crippen MR) is 96.8 cm³/mol. The topological polar surface area (TPSA) is 58.6 Å². The van der Waals surface area contributed by atoms with Crippen molar-refractivity contribution >= 4 is 17.5 Å². The van der Waals surface area contributed by atoms with Gasteiger partial charge in [0.15, 0.2) is 6.61 Å². The molecule has 0 saturated carbocycles. The van der Waals surface area contributed by atoms with Crippen molar-refractivity contribution in [2.75, 3.05) is 18.1 Å². The number of hydrogen-bond donors (Lipinski definition) is 1. The van der Waals surface area contributed by atoms with Gasteiger partial charge < -0.3 is 15.0 Å². The van der Waals surface area contributed by atoms with Crippen molar-refractivity contribution in [2.45, 2.75) is 26.3 Å². The molecule has 0 unspecified atom stereocenters. The maximum absolute atomic E-state index is 12.2. The van der Waals surface area contributed by atoms with Crippen molar-refractivity contribution in [1.29, 1.82) is 0 Å². The molecular weight excluding hydrogens is 316 g/mol. The average molecular weight is 338 g/mol. The number of anilines is 1. The Hall–Kier alpha value is -2.82. The van der Waals surface area contributed by atoms with Crippen LogP contribution in [0.4, 0.5) is 5.69 Å². The van der Waals surface area contributed by atoms with Crippen LogP contribution in [0.15, 0.2) is 48.5 Å². The standard InChI is InChI=1S/C20H22N2O3/c1-14-7-9-17(10-8-14)22-12-16(11-20(22)24)21-19(23)13-25-18-6-4-3-5-15(18)2/h3-10,16H,11-13H2,1-2H3,(H,21,23)/t16-/m1/s1. The van der Waals surface area contributed by atoms with Crippen LogP contribution in [-0.2, 0) is 9.59 Å². The van der Waals surface area contributed by atoms with Gasteiger partial charge >= 0.3 is 0 Å². The van der Waals surface area contributed by atoms with Crippen LogP contribution < -0.4 is 15.0 Å². The first-order valence-corrected chi connectivity index (χ1v) is 8.38. The Kier molecular flexibility index (Phi) is 5.03. The zero-order valence-electron chi connectivity index (χ0n) is 14.5. The largest absolute Gasteiger partial charge is 0.484 e. The van der Waals surface area contributed by atoms with Crippen LogP contribution in [0.2, 0.25) is 0 Å². The van der Waals surface area contributed by atoms with Gasteiger partial charge in [0, 0.05) is 18.7 Å². The van der Waals surface area contributed by atoms with Crippen LogP contribution in [0.5, 0.6) is 5.75 Å². The summed E-state index contributed by atoms with van der Waals surface area (Å²) in [5, 5.41) is 2.88. The van der Waals surface area contributed by atoms with E-state index in [9.17, 15) is 9.59 Å². The Bertz CT molecular complexity index is 771. The third-order valence-electron chi connectivity index (χ3n) is 4.29. The number of ether oxygens (including phenoxy) is 1. The number of aryl methyl sites for hydroxylation is 2. The highest BCUT2D eigenvalue weighted by Gasteiger charge is 2.31. The molecule has 2 aromatic rings. The molecule has 0 spiro atoms. The number of hydrogen-bond acceptors (Lipinski definition) is 3. The third kappa shape index (κ3) is 4.18. The Morgan fingerprint density at radius 3 is 2.60 bits per heavy atom. The van der Waals surface area contributed by atoms with Gasteiger partial charge in [0.25, 0.3) is 5.91 Å². The van der Waals surface area contributed by atoms with Crippen molar-refractivity contribution in [1.82, 2.24) is 5.32 Å². The molecule has 25 heavy (non-hydrogen) atoms. The Morgan fingerprint density at radius 1 is 1.16 bits per heavy atom. The predicted octanol–water partition coefficient (Wildman–Crippen LogP) is 2.60. The molecule has 1 aliphatic rings.